The average molecular weight is 176 g/mol. The fraction of sp³-hybridized carbons (Fsp3) is 1.00. The van der Waals surface area contributed by atoms with Crippen molar-refractivity contribution in [1.82, 2.24) is 0 Å². The maximum Gasteiger partial charge on any atom is 0.149 e. The Labute approximate surface area is 72.8 Å². The first-order chi connectivity index (χ1) is 5.24. The van der Waals surface area contributed by atoms with E-state index in [1.807, 2.05) is 0 Å². The molecular weight excluding hydrogens is 156 g/mol. The second-order valence-corrected chi connectivity index (χ2v) is 3.39. The van der Waals surface area contributed by atoms with E-state index in [-0.39, 0.29) is 6.29 Å². The summed E-state index contributed by atoms with van der Waals surface area (Å²) in [6.45, 7) is 7.28. The van der Waals surface area contributed by atoms with E-state index in [0.717, 1.165) is 23.5 Å². The molecule has 0 spiro atoms. The molecule has 0 heterocycles. The normalized spacial score (nSPS) is 16.6. The molecule has 0 radical (unpaired) electrons. The molecule has 2 unspecified atom stereocenters. The highest BCUT2D eigenvalue weighted by atomic mass is 28.2. The molecule has 0 aliphatic heterocycles. The highest BCUT2D eigenvalue weighted by molar-refractivity contribution is 5.98. The Morgan fingerprint density at radius 3 is 2.27 bits per heavy atom. The lowest BCUT2D eigenvalue weighted by atomic mass is 10.1. The highest BCUT2D eigenvalue weighted by Gasteiger charge is 2.05. The third kappa shape index (κ3) is 5.41. The molecule has 0 aliphatic carbocycles. The van der Waals surface area contributed by atoms with Crippen molar-refractivity contribution in [3.8, 4) is 0 Å². The van der Waals surface area contributed by atoms with Gasteiger partial charge in [-0.1, -0.05) is 27.2 Å². The molecule has 0 aromatic carbocycles. The molecular formula is C8H20O2Si. The molecule has 0 amide bonds. The van der Waals surface area contributed by atoms with Crippen LogP contribution in [0.1, 0.15) is 33.6 Å². The molecule has 0 aliphatic rings. The second kappa shape index (κ2) is 6.82. The number of rotatable bonds is 6. The molecule has 11 heavy (non-hydrogen) atoms. The molecule has 0 saturated heterocycles. The lowest BCUT2D eigenvalue weighted by Crippen LogP contribution is -2.18. The third-order valence-corrected chi connectivity index (χ3v) is 2.39. The molecule has 0 N–H and O–H groups in total. The van der Waals surface area contributed by atoms with Crippen LogP contribution in [0.3, 0.4) is 0 Å². The fourth-order valence-corrected chi connectivity index (χ4v) is 1.21. The van der Waals surface area contributed by atoms with Gasteiger partial charge in [-0.2, -0.15) is 0 Å². The zero-order valence-corrected chi connectivity index (χ0v) is 10.1. The van der Waals surface area contributed by atoms with Crippen LogP contribution in [-0.4, -0.2) is 23.4 Å². The van der Waals surface area contributed by atoms with Gasteiger partial charge in [0.05, 0.1) is 6.61 Å². The number of hydrogen-bond acceptors (Lipinski definition) is 2. The van der Waals surface area contributed by atoms with Crippen LogP contribution >= 0.6 is 0 Å². The first-order valence-corrected chi connectivity index (χ1v) is 5.20. The van der Waals surface area contributed by atoms with Crippen molar-refractivity contribution in [2.45, 2.75) is 39.9 Å². The molecule has 2 atom stereocenters. The van der Waals surface area contributed by atoms with Crippen LogP contribution in [-0.2, 0) is 9.16 Å². The fourth-order valence-electron chi connectivity index (χ4n) is 0.742. The van der Waals surface area contributed by atoms with Crippen LogP contribution in [0.2, 0.25) is 0 Å². The van der Waals surface area contributed by atoms with Crippen LogP contribution in [0.15, 0.2) is 0 Å². The SMILES string of the molecule is CCC(C)COC(CC)O[SiH3]. The summed E-state index contributed by atoms with van der Waals surface area (Å²) in [4.78, 5) is 0. The van der Waals surface area contributed by atoms with Gasteiger partial charge in [-0.3, -0.25) is 0 Å². The van der Waals surface area contributed by atoms with Crippen molar-refractivity contribution in [2.24, 2.45) is 5.92 Å². The predicted octanol–water partition coefficient (Wildman–Crippen LogP) is 1.08. The molecule has 0 bridgehead atoms. The Morgan fingerprint density at radius 1 is 1.27 bits per heavy atom. The summed E-state index contributed by atoms with van der Waals surface area (Å²) < 4.78 is 10.7. The molecule has 0 rings (SSSR count). The molecule has 0 aromatic heterocycles. The first kappa shape index (κ1) is 11.1. The highest BCUT2D eigenvalue weighted by Crippen LogP contribution is 2.05. The van der Waals surface area contributed by atoms with Crippen LogP contribution in [0.4, 0.5) is 0 Å². The first-order valence-electron chi connectivity index (χ1n) is 4.38. The van der Waals surface area contributed by atoms with Gasteiger partial charge < -0.3 is 9.16 Å². The monoisotopic (exact) mass is 176 g/mol. The van der Waals surface area contributed by atoms with Crippen molar-refractivity contribution < 1.29 is 9.16 Å². The summed E-state index contributed by atoms with van der Waals surface area (Å²) in [7, 11) is 0.768. The average Bonchev–Trinajstić information content (AvgIpc) is 2.06. The lowest BCUT2D eigenvalue weighted by Gasteiger charge is -2.17. The molecule has 0 saturated carbocycles. The Balaban J connectivity index is 3.34. The molecule has 2 nitrogen and oxygen atoms in total. The van der Waals surface area contributed by atoms with Gasteiger partial charge in [0, 0.05) is 0 Å². The topological polar surface area (TPSA) is 18.5 Å². The van der Waals surface area contributed by atoms with Crippen molar-refractivity contribution in [1.29, 1.82) is 0 Å². The van der Waals surface area contributed by atoms with E-state index in [2.05, 4.69) is 20.8 Å². The van der Waals surface area contributed by atoms with E-state index in [0.29, 0.717) is 5.92 Å². The number of ether oxygens (including phenoxy) is 1. The van der Waals surface area contributed by atoms with Crippen LogP contribution < -0.4 is 0 Å². The van der Waals surface area contributed by atoms with Gasteiger partial charge in [-0.15, -0.1) is 0 Å². The van der Waals surface area contributed by atoms with Crippen molar-refractivity contribution in [3.05, 3.63) is 0 Å². The van der Waals surface area contributed by atoms with Gasteiger partial charge in [0.15, 0.2) is 0 Å². The Kier molecular flexibility index (Phi) is 6.91. The van der Waals surface area contributed by atoms with Crippen molar-refractivity contribution in [2.75, 3.05) is 6.61 Å². The van der Waals surface area contributed by atoms with Crippen LogP contribution in [0, 0.1) is 5.92 Å². The van der Waals surface area contributed by atoms with Gasteiger partial charge in [-0.05, 0) is 12.3 Å². The van der Waals surface area contributed by atoms with Crippen LogP contribution in [0.5, 0.6) is 0 Å². The Bertz CT molecular complexity index is 84.2. The van der Waals surface area contributed by atoms with E-state index >= 15 is 0 Å². The van der Waals surface area contributed by atoms with E-state index < -0.39 is 0 Å². The molecule has 68 valence electrons. The summed E-state index contributed by atoms with van der Waals surface area (Å²) in [6, 6.07) is 0. The quantitative estimate of drug-likeness (QED) is 0.445. The Morgan fingerprint density at radius 2 is 1.91 bits per heavy atom. The van der Waals surface area contributed by atoms with Gasteiger partial charge in [0.25, 0.3) is 0 Å². The van der Waals surface area contributed by atoms with Crippen LogP contribution in [0.25, 0.3) is 0 Å². The summed E-state index contributed by atoms with van der Waals surface area (Å²) in [5, 5.41) is 0. The molecule has 0 fully saturated rings. The van der Waals surface area contributed by atoms with E-state index in [9.17, 15) is 0 Å². The Hall–Kier alpha value is 0.137. The van der Waals surface area contributed by atoms with Crippen molar-refractivity contribution >= 4 is 10.5 Å². The summed E-state index contributed by atoms with van der Waals surface area (Å²) in [6.07, 6.45) is 2.19. The van der Waals surface area contributed by atoms with Gasteiger partial charge in [0.1, 0.15) is 16.8 Å². The van der Waals surface area contributed by atoms with Gasteiger partial charge in [0.2, 0.25) is 0 Å². The minimum atomic E-state index is 0.0515. The van der Waals surface area contributed by atoms with E-state index in [1.165, 1.54) is 6.42 Å². The maximum atomic E-state index is 5.51. The molecule has 3 heteroatoms. The number of hydrogen-bond donors (Lipinski definition) is 0. The maximum absolute atomic E-state index is 5.51. The van der Waals surface area contributed by atoms with E-state index in [4.69, 9.17) is 9.16 Å². The van der Waals surface area contributed by atoms with Crippen molar-refractivity contribution in [3.63, 3.8) is 0 Å². The summed E-state index contributed by atoms with van der Waals surface area (Å²) >= 11 is 0. The van der Waals surface area contributed by atoms with Gasteiger partial charge in [-0.25, -0.2) is 0 Å². The standard InChI is InChI=1S/C8H20O2Si/c1-4-7(3)6-9-8(5-2)10-11/h7-8H,4-6H2,1-3,11H3. The lowest BCUT2D eigenvalue weighted by molar-refractivity contribution is -0.0884. The molecule has 0 aromatic rings. The predicted molar refractivity (Wildman–Crippen MR) is 50.5 cm³/mol. The van der Waals surface area contributed by atoms with E-state index in [1.54, 1.807) is 0 Å². The summed E-state index contributed by atoms with van der Waals surface area (Å²) in [5.74, 6) is 0.654. The minimum Gasteiger partial charge on any atom is -0.404 e. The minimum absolute atomic E-state index is 0.0515. The zero-order valence-electron chi connectivity index (χ0n) is 8.09. The van der Waals surface area contributed by atoms with Gasteiger partial charge >= 0.3 is 0 Å². The summed E-state index contributed by atoms with van der Waals surface area (Å²) in [5.41, 5.74) is 0. The smallest absolute Gasteiger partial charge is 0.149 e. The third-order valence-electron chi connectivity index (χ3n) is 1.86. The zero-order chi connectivity index (χ0) is 8.69. The largest absolute Gasteiger partial charge is 0.404 e. The second-order valence-electron chi connectivity index (χ2n) is 2.92.